The molecule has 0 bridgehead atoms. The molecule has 5 heteroatoms. The first-order chi connectivity index (χ1) is 8.18. The Labute approximate surface area is 107 Å². The first-order valence-electron chi connectivity index (χ1n) is 6.38. The summed E-state index contributed by atoms with van der Waals surface area (Å²) in [5, 5.41) is 6.52. The lowest BCUT2D eigenvalue weighted by Gasteiger charge is -2.35. The van der Waals surface area contributed by atoms with Gasteiger partial charge in [-0.15, -0.1) is 0 Å². The SMILES string of the molecule is CC1(NC(=O)CC2CSCCN2)CCCOC1. The second kappa shape index (κ2) is 6.07. The monoisotopic (exact) mass is 258 g/mol. The molecule has 17 heavy (non-hydrogen) atoms. The summed E-state index contributed by atoms with van der Waals surface area (Å²) in [4.78, 5) is 12.0. The van der Waals surface area contributed by atoms with Gasteiger partial charge in [0, 0.05) is 37.1 Å². The predicted molar refractivity (Wildman–Crippen MR) is 70.3 cm³/mol. The molecule has 0 aromatic carbocycles. The highest BCUT2D eigenvalue weighted by Crippen LogP contribution is 2.19. The van der Waals surface area contributed by atoms with Gasteiger partial charge in [0.2, 0.25) is 5.91 Å². The fourth-order valence-corrected chi connectivity index (χ4v) is 3.34. The molecule has 2 fully saturated rings. The molecule has 0 radical (unpaired) electrons. The van der Waals surface area contributed by atoms with Crippen LogP contribution in [0.2, 0.25) is 0 Å². The molecule has 0 saturated carbocycles. The van der Waals surface area contributed by atoms with Crippen LogP contribution in [0.15, 0.2) is 0 Å². The van der Waals surface area contributed by atoms with Crippen molar-refractivity contribution in [3.63, 3.8) is 0 Å². The van der Waals surface area contributed by atoms with Crippen molar-refractivity contribution in [2.24, 2.45) is 0 Å². The fraction of sp³-hybridized carbons (Fsp3) is 0.917. The molecule has 2 atom stereocenters. The summed E-state index contributed by atoms with van der Waals surface area (Å²) >= 11 is 1.92. The fourth-order valence-electron chi connectivity index (χ4n) is 2.39. The quantitative estimate of drug-likeness (QED) is 0.785. The lowest BCUT2D eigenvalue weighted by molar-refractivity contribution is -0.125. The van der Waals surface area contributed by atoms with E-state index in [4.69, 9.17) is 4.74 Å². The van der Waals surface area contributed by atoms with Crippen molar-refractivity contribution in [3.8, 4) is 0 Å². The largest absolute Gasteiger partial charge is 0.379 e. The van der Waals surface area contributed by atoms with Crippen LogP contribution in [-0.4, -0.2) is 48.8 Å². The zero-order valence-electron chi connectivity index (χ0n) is 10.5. The Balaban J connectivity index is 1.75. The second-order valence-electron chi connectivity index (χ2n) is 5.20. The summed E-state index contributed by atoms with van der Waals surface area (Å²) in [6.45, 7) is 4.56. The zero-order chi connectivity index (χ0) is 12.1. The van der Waals surface area contributed by atoms with Crippen molar-refractivity contribution in [3.05, 3.63) is 0 Å². The summed E-state index contributed by atoms with van der Waals surface area (Å²) < 4.78 is 5.44. The first kappa shape index (κ1) is 13.2. The zero-order valence-corrected chi connectivity index (χ0v) is 11.3. The van der Waals surface area contributed by atoms with E-state index < -0.39 is 0 Å². The molecule has 2 aliphatic heterocycles. The average molecular weight is 258 g/mol. The third kappa shape index (κ3) is 4.16. The van der Waals surface area contributed by atoms with Crippen LogP contribution in [0, 0.1) is 0 Å². The number of nitrogens with one attached hydrogen (secondary N) is 2. The molecule has 2 saturated heterocycles. The molecule has 0 aliphatic carbocycles. The highest BCUT2D eigenvalue weighted by Gasteiger charge is 2.30. The molecular weight excluding hydrogens is 236 g/mol. The van der Waals surface area contributed by atoms with Gasteiger partial charge in [-0.1, -0.05) is 0 Å². The van der Waals surface area contributed by atoms with Crippen LogP contribution in [-0.2, 0) is 9.53 Å². The van der Waals surface area contributed by atoms with E-state index in [1.165, 1.54) is 0 Å². The van der Waals surface area contributed by atoms with E-state index in [9.17, 15) is 4.79 Å². The molecule has 0 aromatic rings. The minimum absolute atomic E-state index is 0.151. The van der Waals surface area contributed by atoms with E-state index in [2.05, 4.69) is 17.6 Å². The van der Waals surface area contributed by atoms with E-state index in [0.29, 0.717) is 19.1 Å². The summed E-state index contributed by atoms with van der Waals surface area (Å²) in [6.07, 6.45) is 2.64. The molecule has 2 heterocycles. The van der Waals surface area contributed by atoms with Crippen molar-refractivity contribution in [1.82, 2.24) is 10.6 Å². The maximum atomic E-state index is 12.0. The Morgan fingerprint density at radius 3 is 3.18 bits per heavy atom. The van der Waals surface area contributed by atoms with Gasteiger partial charge in [-0.05, 0) is 19.8 Å². The second-order valence-corrected chi connectivity index (χ2v) is 6.34. The Morgan fingerprint density at radius 1 is 1.65 bits per heavy atom. The molecule has 1 amide bonds. The van der Waals surface area contributed by atoms with E-state index in [-0.39, 0.29) is 11.4 Å². The lowest BCUT2D eigenvalue weighted by atomic mass is 9.94. The van der Waals surface area contributed by atoms with Gasteiger partial charge in [-0.2, -0.15) is 11.8 Å². The normalized spacial score (nSPS) is 34.3. The Hall–Kier alpha value is -0.260. The number of ether oxygens (including phenoxy) is 1. The van der Waals surface area contributed by atoms with Gasteiger partial charge >= 0.3 is 0 Å². The van der Waals surface area contributed by atoms with Crippen LogP contribution >= 0.6 is 11.8 Å². The van der Waals surface area contributed by atoms with Gasteiger partial charge in [0.25, 0.3) is 0 Å². The number of hydrogen-bond acceptors (Lipinski definition) is 4. The summed E-state index contributed by atoms with van der Waals surface area (Å²) in [6, 6.07) is 0.335. The van der Waals surface area contributed by atoms with Gasteiger partial charge in [0.15, 0.2) is 0 Å². The number of carbonyl (C=O) groups is 1. The van der Waals surface area contributed by atoms with Gasteiger partial charge in [0.1, 0.15) is 0 Å². The van der Waals surface area contributed by atoms with Crippen LogP contribution in [0.5, 0.6) is 0 Å². The number of amides is 1. The Kier molecular flexibility index (Phi) is 4.70. The van der Waals surface area contributed by atoms with E-state index in [0.717, 1.165) is 37.5 Å². The van der Waals surface area contributed by atoms with E-state index >= 15 is 0 Å². The van der Waals surface area contributed by atoms with Gasteiger partial charge in [0.05, 0.1) is 12.1 Å². The van der Waals surface area contributed by atoms with Crippen LogP contribution < -0.4 is 10.6 Å². The number of carbonyl (C=O) groups excluding carboxylic acids is 1. The minimum Gasteiger partial charge on any atom is -0.379 e. The number of thioether (sulfide) groups is 1. The van der Waals surface area contributed by atoms with Gasteiger partial charge < -0.3 is 15.4 Å². The van der Waals surface area contributed by atoms with Crippen molar-refractivity contribution < 1.29 is 9.53 Å². The van der Waals surface area contributed by atoms with Crippen molar-refractivity contribution in [1.29, 1.82) is 0 Å². The van der Waals surface area contributed by atoms with Gasteiger partial charge in [-0.3, -0.25) is 4.79 Å². The number of hydrogen-bond donors (Lipinski definition) is 2. The maximum absolute atomic E-state index is 12.0. The predicted octanol–water partition coefficient (Wildman–Crippen LogP) is 0.767. The molecule has 0 aromatic heterocycles. The standard InChI is InChI=1S/C12H22N2O2S/c1-12(3-2-5-16-9-12)14-11(15)7-10-8-17-6-4-13-10/h10,13H,2-9H2,1H3,(H,14,15). The summed E-state index contributed by atoms with van der Waals surface area (Å²) in [7, 11) is 0. The molecule has 2 rings (SSSR count). The molecule has 4 nitrogen and oxygen atoms in total. The summed E-state index contributed by atoms with van der Waals surface area (Å²) in [5.74, 6) is 2.35. The van der Waals surface area contributed by atoms with Crippen molar-refractivity contribution in [2.45, 2.75) is 37.8 Å². The first-order valence-corrected chi connectivity index (χ1v) is 7.53. The van der Waals surface area contributed by atoms with E-state index in [1.807, 2.05) is 11.8 Å². The molecule has 98 valence electrons. The van der Waals surface area contributed by atoms with Crippen LogP contribution in [0.4, 0.5) is 0 Å². The molecular formula is C12H22N2O2S. The highest BCUT2D eigenvalue weighted by atomic mass is 32.2. The van der Waals surface area contributed by atoms with E-state index in [1.54, 1.807) is 0 Å². The molecule has 2 aliphatic rings. The Morgan fingerprint density at radius 2 is 2.53 bits per heavy atom. The van der Waals surface area contributed by atoms with Gasteiger partial charge in [-0.25, -0.2) is 0 Å². The summed E-state index contributed by atoms with van der Waals surface area (Å²) in [5.41, 5.74) is -0.156. The lowest BCUT2D eigenvalue weighted by Crippen LogP contribution is -2.53. The van der Waals surface area contributed by atoms with Crippen molar-refractivity contribution >= 4 is 17.7 Å². The van der Waals surface area contributed by atoms with Crippen LogP contribution in [0.3, 0.4) is 0 Å². The molecule has 2 N–H and O–H groups in total. The third-order valence-electron chi connectivity index (χ3n) is 3.31. The maximum Gasteiger partial charge on any atom is 0.222 e. The molecule has 0 spiro atoms. The minimum atomic E-state index is -0.156. The smallest absolute Gasteiger partial charge is 0.222 e. The third-order valence-corrected chi connectivity index (χ3v) is 4.44. The highest BCUT2D eigenvalue weighted by molar-refractivity contribution is 7.99. The topological polar surface area (TPSA) is 50.4 Å². The van der Waals surface area contributed by atoms with Crippen molar-refractivity contribution in [2.75, 3.05) is 31.3 Å². The van der Waals surface area contributed by atoms with Crippen LogP contribution in [0.25, 0.3) is 0 Å². The average Bonchev–Trinajstić information content (AvgIpc) is 2.30. The molecule has 2 unspecified atom stereocenters. The number of rotatable bonds is 3. The Bertz CT molecular complexity index is 261. The van der Waals surface area contributed by atoms with Crippen LogP contribution in [0.1, 0.15) is 26.2 Å².